The Labute approximate surface area is 97.2 Å². The number of fused-ring (bicyclic) bond motifs is 1. The Morgan fingerprint density at radius 1 is 1.29 bits per heavy atom. The Morgan fingerprint density at radius 3 is 2.53 bits per heavy atom. The monoisotopic (exact) mass is 252 g/mol. The van der Waals surface area contributed by atoms with Crippen LogP contribution in [0, 0.1) is 0 Å². The average molecular weight is 252 g/mol. The predicted molar refractivity (Wildman–Crippen MR) is 59.6 cm³/mol. The van der Waals surface area contributed by atoms with Crippen molar-refractivity contribution in [3.8, 4) is 0 Å². The first-order valence-corrected chi connectivity index (χ1v) is 6.07. The van der Waals surface area contributed by atoms with Gasteiger partial charge in [-0.3, -0.25) is 4.55 Å². The molecule has 0 bridgehead atoms. The Balaban J connectivity index is 2.80. The van der Waals surface area contributed by atoms with Crippen LogP contribution in [0.5, 0.6) is 0 Å². The normalized spacial score (nSPS) is 19.3. The zero-order chi connectivity index (χ0) is 12.6. The summed E-state index contributed by atoms with van der Waals surface area (Å²) in [5.74, 6) is 0. The Bertz CT molecular complexity index is 657. The largest absolute Gasteiger partial charge is 0.376 e. The molecule has 1 unspecified atom stereocenters. The predicted octanol–water partition coefficient (Wildman–Crippen LogP) is 0.633. The lowest BCUT2D eigenvalue weighted by molar-refractivity contribution is -0.0188. The van der Waals surface area contributed by atoms with Crippen molar-refractivity contribution >= 4 is 20.7 Å². The fourth-order valence-corrected chi connectivity index (χ4v) is 2.44. The van der Waals surface area contributed by atoms with Crippen LogP contribution >= 0.6 is 0 Å². The van der Waals surface area contributed by atoms with Gasteiger partial charge in [0.25, 0.3) is 10.1 Å². The summed E-state index contributed by atoms with van der Waals surface area (Å²) in [4.78, 5) is 2.41. The van der Waals surface area contributed by atoms with Crippen molar-refractivity contribution < 1.29 is 22.9 Å². The van der Waals surface area contributed by atoms with E-state index in [0.717, 1.165) is 6.08 Å². The molecule has 0 aliphatic heterocycles. The number of hydrogen-bond acceptors (Lipinski definition) is 3. The number of benzene rings is 1. The molecule has 0 aromatic heterocycles. The van der Waals surface area contributed by atoms with E-state index in [4.69, 9.17) is 10.1 Å². The fourth-order valence-electron chi connectivity index (χ4n) is 1.71. The maximum atomic E-state index is 11.2. The second kappa shape index (κ2) is 3.90. The third kappa shape index (κ3) is 1.92. The molecule has 0 saturated heterocycles. The molecule has 0 spiro atoms. The van der Waals surface area contributed by atoms with Gasteiger partial charge in [0.15, 0.2) is 6.10 Å². The molecule has 1 aromatic carbocycles. The number of rotatable bonds is 1. The lowest BCUT2D eigenvalue weighted by Gasteiger charge is -2.17. The van der Waals surface area contributed by atoms with Crippen LogP contribution in [-0.2, 0) is 10.1 Å². The quantitative estimate of drug-likeness (QED) is 0.433. The van der Waals surface area contributed by atoms with Gasteiger partial charge < -0.3 is 10.6 Å². The first-order chi connectivity index (χ1) is 7.95. The van der Waals surface area contributed by atoms with Crippen molar-refractivity contribution in [1.29, 1.82) is 0 Å². The summed E-state index contributed by atoms with van der Waals surface area (Å²) in [5.41, 5.74) is 8.89. The van der Waals surface area contributed by atoms with Crippen LogP contribution in [0.3, 0.4) is 0 Å². The summed E-state index contributed by atoms with van der Waals surface area (Å²) in [6, 6.07) is 6.12. The zero-order valence-electron chi connectivity index (χ0n) is 8.48. The van der Waals surface area contributed by atoms with Gasteiger partial charge in [-0.2, -0.15) is 13.2 Å². The Kier molecular flexibility index (Phi) is 2.68. The van der Waals surface area contributed by atoms with E-state index < -0.39 is 21.1 Å². The molecule has 1 aliphatic carbocycles. The van der Waals surface area contributed by atoms with E-state index in [-0.39, 0.29) is 16.8 Å². The molecule has 6 nitrogen and oxygen atoms in total. The van der Waals surface area contributed by atoms with Crippen molar-refractivity contribution in [2.24, 2.45) is 0 Å². The number of aliphatic hydroxyl groups excluding tert-OH is 1. The summed E-state index contributed by atoms with van der Waals surface area (Å²) in [5, 5.41) is 9.79. The van der Waals surface area contributed by atoms with Gasteiger partial charge in [-0.05, 0) is 0 Å². The van der Waals surface area contributed by atoms with Crippen LogP contribution in [-0.4, -0.2) is 28.6 Å². The number of aliphatic hydroxyl groups is 1. The minimum atomic E-state index is -4.45. The summed E-state index contributed by atoms with van der Waals surface area (Å²) < 4.78 is 31.4. The highest BCUT2D eigenvalue weighted by Crippen LogP contribution is 2.33. The molecule has 1 aliphatic rings. The second-order valence-electron chi connectivity index (χ2n) is 3.50. The van der Waals surface area contributed by atoms with E-state index in [1.807, 2.05) is 0 Å². The van der Waals surface area contributed by atoms with E-state index in [1.165, 1.54) is 12.1 Å². The topological polar surface area (TPSA) is 111 Å². The highest BCUT2D eigenvalue weighted by molar-refractivity contribution is 7.95. The van der Waals surface area contributed by atoms with Gasteiger partial charge in [-0.1, -0.05) is 24.3 Å². The van der Waals surface area contributed by atoms with Gasteiger partial charge in [-0.15, -0.1) is 0 Å². The summed E-state index contributed by atoms with van der Waals surface area (Å²) in [6.45, 7) is 0. The maximum Gasteiger partial charge on any atom is 0.326 e. The molecular weight excluding hydrogens is 244 g/mol. The third-order valence-corrected chi connectivity index (χ3v) is 3.37. The molecule has 0 radical (unpaired) electrons. The molecule has 88 valence electrons. The zero-order valence-corrected chi connectivity index (χ0v) is 9.29. The second-order valence-corrected chi connectivity index (χ2v) is 4.89. The molecule has 7 heteroatoms. The minimum absolute atomic E-state index is 0.190. The first-order valence-electron chi connectivity index (χ1n) is 4.63. The van der Waals surface area contributed by atoms with Gasteiger partial charge in [0.2, 0.25) is 0 Å². The van der Waals surface area contributed by atoms with Gasteiger partial charge in [0, 0.05) is 17.2 Å². The summed E-state index contributed by atoms with van der Waals surface area (Å²) in [7, 11) is -4.45. The van der Waals surface area contributed by atoms with Crippen LogP contribution in [0.25, 0.3) is 10.4 Å². The molecule has 0 heterocycles. The van der Waals surface area contributed by atoms with E-state index >= 15 is 0 Å². The molecule has 17 heavy (non-hydrogen) atoms. The summed E-state index contributed by atoms with van der Waals surface area (Å²) >= 11 is 0. The van der Waals surface area contributed by atoms with Gasteiger partial charge in [0.05, 0.1) is 0 Å². The fraction of sp³-hybridized carbons (Fsp3) is 0.100. The molecule has 1 aromatic rings. The smallest absolute Gasteiger partial charge is 0.326 e. The van der Waals surface area contributed by atoms with Crippen LogP contribution in [0.1, 0.15) is 17.2 Å². The highest BCUT2D eigenvalue weighted by atomic mass is 32.2. The molecule has 0 amide bonds. The standard InChI is InChI=1S/C10H8N2O4S/c11-12-8-5-9(17(14,15)16)6-3-1-2-4-7(6)10(8)13/h1-5,10,13H,(H,14,15,16). The van der Waals surface area contributed by atoms with E-state index in [9.17, 15) is 13.5 Å². The third-order valence-electron chi connectivity index (χ3n) is 2.47. The van der Waals surface area contributed by atoms with Crippen LogP contribution in [0.4, 0.5) is 0 Å². The number of nitrogens with zero attached hydrogens (tertiary/aromatic N) is 2. The van der Waals surface area contributed by atoms with Crippen LogP contribution < -0.4 is 0 Å². The van der Waals surface area contributed by atoms with Crippen molar-refractivity contribution in [1.82, 2.24) is 0 Å². The SMILES string of the molecule is [N-]=[N+]=C1C=C(S(=O)(=O)O)c2ccccc2C1O. The lowest BCUT2D eigenvalue weighted by Crippen LogP contribution is -2.20. The molecule has 2 rings (SSSR count). The average Bonchev–Trinajstić information content (AvgIpc) is 2.28. The van der Waals surface area contributed by atoms with Crippen molar-refractivity contribution in [2.75, 3.05) is 0 Å². The number of hydrogen-bond donors (Lipinski definition) is 2. The van der Waals surface area contributed by atoms with Gasteiger partial charge in [0.1, 0.15) is 4.91 Å². The lowest BCUT2D eigenvalue weighted by atomic mass is 9.93. The van der Waals surface area contributed by atoms with Gasteiger partial charge in [-0.25, -0.2) is 0 Å². The Hall–Kier alpha value is -1.79. The van der Waals surface area contributed by atoms with E-state index in [1.54, 1.807) is 12.1 Å². The van der Waals surface area contributed by atoms with Gasteiger partial charge >= 0.3 is 5.71 Å². The molecule has 0 saturated carbocycles. The molecule has 0 fully saturated rings. The molecule has 1 atom stereocenters. The van der Waals surface area contributed by atoms with Crippen molar-refractivity contribution in [2.45, 2.75) is 6.10 Å². The minimum Gasteiger partial charge on any atom is -0.376 e. The molecular formula is C10H8N2O4S. The van der Waals surface area contributed by atoms with Crippen molar-refractivity contribution in [3.05, 3.63) is 47.0 Å². The maximum absolute atomic E-state index is 11.2. The van der Waals surface area contributed by atoms with Crippen LogP contribution in [0.2, 0.25) is 0 Å². The van der Waals surface area contributed by atoms with E-state index in [2.05, 4.69) is 4.79 Å². The van der Waals surface area contributed by atoms with Crippen molar-refractivity contribution in [3.63, 3.8) is 0 Å². The van der Waals surface area contributed by atoms with E-state index in [0.29, 0.717) is 0 Å². The molecule has 2 N–H and O–H groups in total. The highest BCUT2D eigenvalue weighted by Gasteiger charge is 2.34. The summed E-state index contributed by atoms with van der Waals surface area (Å²) in [6.07, 6.45) is -0.288. The Morgan fingerprint density at radius 2 is 1.94 bits per heavy atom. The van der Waals surface area contributed by atoms with Crippen LogP contribution in [0.15, 0.2) is 30.3 Å². The first kappa shape index (κ1) is 11.7.